The van der Waals surface area contributed by atoms with E-state index in [1.54, 1.807) is 6.20 Å². The first-order valence-electron chi connectivity index (χ1n) is 6.34. The van der Waals surface area contributed by atoms with E-state index in [0.29, 0.717) is 18.7 Å². The molecule has 5 nitrogen and oxygen atoms in total. The number of carbonyl (C=O) groups is 1. The minimum absolute atomic E-state index is 0.480. The largest absolute Gasteiger partial charge is 0.480 e. The molecule has 5 heteroatoms. The van der Waals surface area contributed by atoms with Crippen LogP contribution >= 0.6 is 0 Å². The van der Waals surface area contributed by atoms with E-state index in [0.717, 1.165) is 11.0 Å². The van der Waals surface area contributed by atoms with Crippen LogP contribution in [0.1, 0.15) is 26.7 Å². The molecular formula is C14H17N3O2. The first-order chi connectivity index (χ1) is 9.11. The van der Waals surface area contributed by atoms with Crippen molar-refractivity contribution in [2.75, 3.05) is 5.32 Å². The number of hydrogen-bond acceptors (Lipinski definition) is 4. The Balaban J connectivity index is 2.36. The minimum Gasteiger partial charge on any atom is -0.480 e. The molecule has 0 atom stereocenters. The van der Waals surface area contributed by atoms with Gasteiger partial charge < -0.3 is 10.4 Å². The van der Waals surface area contributed by atoms with Crippen molar-refractivity contribution in [3.8, 4) is 0 Å². The van der Waals surface area contributed by atoms with Crippen molar-refractivity contribution in [2.24, 2.45) is 0 Å². The van der Waals surface area contributed by atoms with Crippen LogP contribution in [-0.2, 0) is 4.79 Å². The molecular weight excluding hydrogens is 242 g/mol. The Morgan fingerprint density at radius 1 is 1.26 bits per heavy atom. The number of fused-ring (bicyclic) bond motifs is 1. The van der Waals surface area contributed by atoms with Gasteiger partial charge in [-0.3, -0.25) is 4.98 Å². The number of carboxylic acids is 1. The molecule has 0 unspecified atom stereocenters. The van der Waals surface area contributed by atoms with Gasteiger partial charge in [0, 0.05) is 0 Å². The molecule has 0 aliphatic carbocycles. The van der Waals surface area contributed by atoms with E-state index in [2.05, 4.69) is 15.3 Å². The number of anilines is 1. The smallest absolute Gasteiger partial charge is 0.329 e. The van der Waals surface area contributed by atoms with Crippen molar-refractivity contribution in [3.05, 3.63) is 30.5 Å². The van der Waals surface area contributed by atoms with E-state index in [-0.39, 0.29) is 0 Å². The van der Waals surface area contributed by atoms with Crippen molar-refractivity contribution in [1.29, 1.82) is 0 Å². The number of aliphatic carboxylic acids is 1. The van der Waals surface area contributed by atoms with Gasteiger partial charge in [0.1, 0.15) is 11.4 Å². The average molecular weight is 259 g/mol. The molecule has 0 fully saturated rings. The maximum absolute atomic E-state index is 11.4. The van der Waals surface area contributed by atoms with Crippen LogP contribution < -0.4 is 5.32 Å². The highest BCUT2D eigenvalue weighted by molar-refractivity contribution is 5.83. The number of benzene rings is 1. The average Bonchev–Trinajstić information content (AvgIpc) is 2.44. The summed E-state index contributed by atoms with van der Waals surface area (Å²) in [6.07, 6.45) is 2.53. The molecule has 2 N–H and O–H groups in total. The summed E-state index contributed by atoms with van der Waals surface area (Å²) in [6, 6.07) is 7.50. The van der Waals surface area contributed by atoms with Gasteiger partial charge in [0.2, 0.25) is 0 Å². The fourth-order valence-corrected chi connectivity index (χ4v) is 2.05. The quantitative estimate of drug-likeness (QED) is 0.863. The fraction of sp³-hybridized carbons (Fsp3) is 0.357. The summed E-state index contributed by atoms with van der Waals surface area (Å²) in [4.78, 5) is 20.1. The topological polar surface area (TPSA) is 75.1 Å². The lowest BCUT2D eigenvalue weighted by molar-refractivity contribution is -0.142. The molecule has 0 radical (unpaired) electrons. The molecule has 19 heavy (non-hydrogen) atoms. The number of nitrogens with zero attached hydrogens (tertiary/aromatic N) is 2. The van der Waals surface area contributed by atoms with Crippen LogP contribution in [0, 0.1) is 0 Å². The zero-order valence-corrected chi connectivity index (χ0v) is 11.1. The highest BCUT2D eigenvalue weighted by atomic mass is 16.4. The second-order valence-electron chi connectivity index (χ2n) is 4.46. The van der Waals surface area contributed by atoms with Crippen molar-refractivity contribution < 1.29 is 9.90 Å². The van der Waals surface area contributed by atoms with Gasteiger partial charge in [-0.1, -0.05) is 26.0 Å². The molecule has 0 bridgehead atoms. The molecule has 0 amide bonds. The zero-order valence-electron chi connectivity index (χ0n) is 11.1. The summed E-state index contributed by atoms with van der Waals surface area (Å²) in [5.41, 5.74) is 0.554. The summed E-state index contributed by atoms with van der Waals surface area (Å²) in [5, 5.41) is 12.4. The van der Waals surface area contributed by atoms with Gasteiger partial charge in [0.15, 0.2) is 0 Å². The van der Waals surface area contributed by atoms with Crippen LogP contribution in [0.5, 0.6) is 0 Å². The second kappa shape index (κ2) is 5.22. The van der Waals surface area contributed by atoms with E-state index in [1.807, 2.05) is 38.1 Å². The molecule has 1 aromatic carbocycles. The molecule has 0 saturated heterocycles. The van der Waals surface area contributed by atoms with Gasteiger partial charge in [-0.2, -0.15) is 0 Å². The summed E-state index contributed by atoms with van der Waals surface area (Å²) < 4.78 is 0. The number of hydrogen-bond donors (Lipinski definition) is 2. The van der Waals surface area contributed by atoms with E-state index < -0.39 is 11.5 Å². The van der Waals surface area contributed by atoms with Crippen molar-refractivity contribution in [2.45, 2.75) is 32.2 Å². The SMILES string of the molecule is CCC(CC)(Nc1cnc2ccccc2n1)C(=O)O. The third kappa shape index (κ3) is 2.50. The first-order valence-corrected chi connectivity index (χ1v) is 6.34. The molecule has 0 spiro atoms. The minimum atomic E-state index is -0.989. The van der Waals surface area contributed by atoms with E-state index in [9.17, 15) is 9.90 Å². The maximum atomic E-state index is 11.4. The summed E-state index contributed by atoms with van der Waals surface area (Å²) in [7, 11) is 0. The van der Waals surface area contributed by atoms with Gasteiger partial charge in [0.25, 0.3) is 0 Å². The van der Waals surface area contributed by atoms with Crippen molar-refractivity contribution >= 4 is 22.8 Å². The third-order valence-electron chi connectivity index (χ3n) is 3.43. The van der Waals surface area contributed by atoms with Gasteiger partial charge in [-0.15, -0.1) is 0 Å². The predicted octanol–water partition coefficient (Wildman–Crippen LogP) is 2.69. The Kier molecular flexibility index (Phi) is 3.64. The van der Waals surface area contributed by atoms with Crippen LogP contribution in [0.4, 0.5) is 5.82 Å². The van der Waals surface area contributed by atoms with Crippen LogP contribution in [0.2, 0.25) is 0 Å². The molecule has 1 aromatic heterocycles. The maximum Gasteiger partial charge on any atom is 0.329 e. The van der Waals surface area contributed by atoms with E-state index >= 15 is 0 Å². The highest BCUT2D eigenvalue weighted by Gasteiger charge is 2.35. The van der Waals surface area contributed by atoms with Gasteiger partial charge in [-0.05, 0) is 25.0 Å². The summed E-state index contributed by atoms with van der Waals surface area (Å²) in [6.45, 7) is 3.69. The molecule has 0 saturated carbocycles. The van der Waals surface area contributed by atoms with E-state index in [4.69, 9.17) is 0 Å². The fourth-order valence-electron chi connectivity index (χ4n) is 2.05. The molecule has 2 rings (SSSR count). The number of nitrogens with one attached hydrogen (secondary N) is 1. The van der Waals surface area contributed by atoms with Crippen LogP contribution in [0.3, 0.4) is 0 Å². The number of carboxylic acid groups (broad SMARTS) is 1. The summed E-state index contributed by atoms with van der Waals surface area (Å²) in [5.74, 6) is -0.378. The summed E-state index contributed by atoms with van der Waals surface area (Å²) >= 11 is 0. The second-order valence-corrected chi connectivity index (χ2v) is 4.46. The van der Waals surface area contributed by atoms with Gasteiger partial charge in [0.05, 0.1) is 17.2 Å². The van der Waals surface area contributed by atoms with Crippen molar-refractivity contribution in [3.63, 3.8) is 0 Å². The molecule has 2 aromatic rings. The highest BCUT2D eigenvalue weighted by Crippen LogP contribution is 2.22. The standard InChI is InChI=1S/C14H17N3O2/c1-3-14(4-2,13(18)19)17-12-9-15-10-7-5-6-8-11(10)16-12/h5-9H,3-4H2,1-2H3,(H,16,17)(H,18,19). The van der Waals surface area contributed by atoms with Crippen LogP contribution in [-0.4, -0.2) is 26.6 Å². The van der Waals surface area contributed by atoms with Crippen LogP contribution in [0.15, 0.2) is 30.5 Å². The Morgan fingerprint density at radius 3 is 2.47 bits per heavy atom. The molecule has 0 aliphatic rings. The Labute approximate surface area is 111 Å². The lowest BCUT2D eigenvalue weighted by Crippen LogP contribution is -2.45. The lowest BCUT2D eigenvalue weighted by Gasteiger charge is -2.28. The van der Waals surface area contributed by atoms with Crippen LogP contribution in [0.25, 0.3) is 11.0 Å². The number of para-hydroxylation sites is 2. The van der Waals surface area contributed by atoms with Gasteiger partial charge in [-0.25, -0.2) is 9.78 Å². The van der Waals surface area contributed by atoms with Gasteiger partial charge >= 0.3 is 5.97 Å². The molecule has 0 aliphatic heterocycles. The van der Waals surface area contributed by atoms with E-state index in [1.165, 1.54) is 0 Å². The Hall–Kier alpha value is -2.17. The zero-order chi connectivity index (χ0) is 13.9. The molecule has 100 valence electrons. The normalized spacial score (nSPS) is 11.5. The lowest BCUT2D eigenvalue weighted by atomic mass is 9.93. The number of rotatable bonds is 5. The first kappa shape index (κ1) is 13.3. The predicted molar refractivity (Wildman–Crippen MR) is 74.1 cm³/mol. The Morgan fingerprint density at radius 2 is 1.89 bits per heavy atom. The monoisotopic (exact) mass is 259 g/mol. The van der Waals surface area contributed by atoms with Crippen molar-refractivity contribution in [1.82, 2.24) is 9.97 Å². The molecule has 1 heterocycles. The third-order valence-corrected chi connectivity index (χ3v) is 3.43. The number of aromatic nitrogens is 2. The Bertz CT molecular complexity index is 594.